The van der Waals surface area contributed by atoms with Crippen molar-refractivity contribution in [2.45, 2.75) is 0 Å². The van der Waals surface area contributed by atoms with Gasteiger partial charge in [-0.15, -0.1) is 0 Å². The van der Waals surface area contributed by atoms with Gasteiger partial charge in [0.25, 0.3) is 0 Å². The minimum absolute atomic E-state index is 0.0413. The molecule has 0 atom stereocenters. The number of hydrogen-bond acceptors (Lipinski definition) is 5. The number of aromatic nitrogens is 2. The Morgan fingerprint density at radius 3 is 1.54 bits per heavy atom. The predicted molar refractivity (Wildman–Crippen MR) is 145 cm³/mol. The molecule has 7 aromatic rings. The Bertz CT molecular complexity index is 1890. The lowest BCUT2D eigenvalue weighted by Gasteiger charge is -2.02. The van der Waals surface area contributed by atoms with Gasteiger partial charge in [-0.3, -0.25) is 0 Å². The smallest absolute Gasteiger partial charge is 0.231 e. The van der Waals surface area contributed by atoms with Crippen LogP contribution in [-0.2, 0) is 0 Å². The van der Waals surface area contributed by atoms with Gasteiger partial charge in [0.2, 0.25) is 11.8 Å². The molecular weight excluding hydrogens is 460 g/mol. The summed E-state index contributed by atoms with van der Waals surface area (Å²) in [5, 5.41) is 10.9. The number of nitrogens with zero attached hydrogens (tertiary/aromatic N) is 2. The number of aromatic hydroxyl groups is 1. The zero-order chi connectivity index (χ0) is 24.8. The van der Waals surface area contributed by atoms with E-state index < -0.39 is 0 Å². The third-order valence-corrected chi connectivity index (χ3v) is 6.46. The molecule has 5 heteroatoms. The Kier molecular flexibility index (Phi) is 4.86. The molecule has 2 heterocycles. The number of fused-ring (bicyclic) bond motifs is 2. The van der Waals surface area contributed by atoms with Gasteiger partial charge in [-0.2, -0.15) is 0 Å². The highest BCUT2D eigenvalue weighted by atomic mass is 16.4. The average Bonchev–Trinajstić information content (AvgIpc) is 3.57. The summed E-state index contributed by atoms with van der Waals surface area (Å²) < 4.78 is 12.0. The molecule has 0 saturated carbocycles. The first-order valence-corrected chi connectivity index (χ1v) is 12.0. The summed E-state index contributed by atoms with van der Waals surface area (Å²) in [4.78, 5) is 9.31. The van der Waals surface area contributed by atoms with Crippen molar-refractivity contribution in [3.05, 3.63) is 115 Å². The highest BCUT2D eigenvalue weighted by molar-refractivity contribution is 5.85. The quantitative estimate of drug-likeness (QED) is 0.274. The largest absolute Gasteiger partial charge is 0.507 e. The van der Waals surface area contributed by atoms with E-state index in [4.69, 9.17) is 8.83 Å². The minimum atomic E-state index is 0.0413. The third-order valence-electron chi connectivity index (χ3n) is 6.46. The van der Waals surface area contributed by atoms with E-state index in [2.05, 4.69) is 34.2 Å². The molecule has 0 amide bonds. The molecule has 1 N–H and O–H groups in total. The fraction of sp³-hybridized carbons (Fsp3) is 0. The molecule has 0 aliphatic rings. The van der Waals surface area contributed by atoms with Gasteiger partial charge in [-0.05, 0) is 64.7 Å². The topological polar surface area (TPSA) is 72.3 Å². The number of rotatable bonds is 4. The molecule has 0 unspecified atom stereocenters. The molecule has 0 spiro atoms. The van der Waals surface area contributed by atoms with E-state index in [-0.39, 0.29) is 5.75 Å². The van der Waals surface area contributed by atoms with E-state index in [0.29, 0.717) is 34.1 Å². The van der Waals surface area contributed by atoms with Gasteiger partial charge in [0, 0.05) is 5.56 Å². The average molecular weight is 481 g/mol. The molecule has 7 rings (SSSR count). The van der Waals surface area contributed by atoms with Gasteiger partial charge >= 0.3 is 0 Å². The maximum Gasteiger partial charge on any atom is 0.231 e. The Labute approximate surface area is 212 Å². The fourth-order valence-corrected chi connectivity index (χ4v) is 4.56. The first kappa shape index (κ1) is 21.1. The second-order valence-corrected chi connectivity index (χ2v) is 8.87. The summed E-state index contributed by atoms with van der Waals surface area (Å²) in [7, 11) is 0. The van der Waals surface area contributed by atoms with Gasteiger partial charge in [0.15, 0.2) is 11.2 Å². The van der Waals surface area contributed by atoms with Crippen LogP contribution in [0, 0.1) is 0 Å². The van der Waals surface area contributed by atoms with Crippen LogP contribution in [0.2, 0.25) is 0 Å². The van der Waals surface area contributed by atoms with E-state index in [1.54, 1.807) is 12.1 Å². The van der Waals surface area contributed by atoms with Gasteiger partial charge in [0.05, 0.1) is 5.56 Å². The molecular formula is C32H20N2O3. The number of benzene rings is 5. The monoisotopic (exact) mass is 480 g/mol. The fourth-order valence-electron chi connectivity index (χ4n) is 4.56. The summed E-state index contributed by atoms with van der Waals surface area (Å²) in [6.45, 7) is 0. The van der Waals surface area contributed by atoms with Gasteiger partial charge < -0.3 is 13.9 Å². The zero-order valence-corrected chi connectivity index (χ0v) is 19.6. The highest BCUT2D eigenvalue weighted by Crippen LogP contribution is 2.36. The maximum absolute atomic E-state index is 10.9. The van der Waals surface area contributed by atoms with Crippen molar-refractivity contribution in [3.63, 3.8) is 0 Å². The molecule has 0 aliphatic heterocycles. The summed E-state index contributed by atoms with van der Waals surface area (Å²) in [5.74, 6) is 0.834. The van der Waals surface area contributed by atoms with Gasteiger partial charge in [-0.1, -0.05) is 72.8 Å². The van der Waals surface area contributed by atoms with Crippen LogP contribution in [0.25, 0.3) is 67.4 Å². The summed E-state index contributed by atoms with van der Waals surface area (Å²) in [6, 6.07) is 37.4. The molecule has 5 nitrogen and oxygen atoms in total. The summed E-state index contributed by atoms with van der Waals surface area (Å²) in [6.07, 6.45) is 0. The van der Waals surface area contributed by atoms with E-state index in [0.717, 1.165) is 33.3 Å². The Balaban J connectivity index is 1.22. The van der Waals surface area contributed by atoms with Crippen LogP contribution in [0.1, 0.15) is 0 Å². The minimum Gasteiger partial charge on any atom is -0.507 e. The Hall–Kier alpha value is -5.16. The van der Waals surface area contributed by atoms with Crippen LogP contribution in [0.4, 0.5) is 0 Å². The van der Waals surface area contributed by atoms with Gasteiger partial charge in [-0.25, -0.2) is 9.97 Å². The molecule has 0 aliphatic carbocycles. The maximum atomic E-state index is 10.9. The van der Waals surface area contributed by atoms with E-state index >= 15 is 0 Å². The SMILES string of the molecule is Oc1cc(-c2nc3cc(-c4ccccc4)ccc3o2)ccc1-c1nc2cc(-c3ccccc3)ccc2o1. The van der Waals surface area contributed by atoms with Crippen molar-refractivity contribution in [1.82, 2.24) is 9.97 Å². The van der Waals surface area contributed by atoms with Crippen molar-refractivity contribution in [1.29, 1.82) is 0 Å². The van der Waals surface area contributed by atoms with Crippen molar-refractivity contribution >= 4 is 22.2 Å². The molecule has 5 aromatic carbocycles. The molecule has 176 valence electrons. The van der Waals surface area contributed by atoms with E-state index in [1.165, 1.54) is 0 Å². The van der Waals surface area contributed by atoms with Crippen LogP contribution >= 0.6 is 0 Å². The lowest BCUT2D eigenvalue weighted by molar-refractivity contribution is 0.474. The van der Waals surface area contributed by atoms with Crippen LogP contribution < -0.4 is 0 Å². The van der Waals surface area contributed by atoms with Crippen molar-refractivity contribution in [3.8, 4) is 50.9 Å². The lowest BCUT2D eigenvalue weighted by atomic mass is 10.1. The third kappa shape index (κ3) is 3.83. The van der Waals surface area contributed by atoms with Crippen LogP contribution in [0.15, 0.2) is 124 Å². The van der Waals surface area contributed by atoms with Crippen LogP contribution in [0.3, 0.4) is 0 Å². The van der Waals surface area contributed by atoms with Crippen molar-refractivity contribution in [2.24, 2.45) is 0 Å². The molecule has 37 heavy (non-hydrogen) atoms. The van der Waals surface area contributed by atoms with Gasteiger partial charge in [0.1, 0.15) is 16.8 Å². The number of phenols is 1. The first-order valence-electron chi connectivity index (χ1n) is 12.0. The van der Waals surface area contributed by atoms with E-state index in [9.17, 15) is 5.11 Å². The molecule has 0 fully saturated rings. The summed E-state index contributed by atoms with van der Waals surface area (Å²) in [5.41, 5.74) is 8.35. The number of hydrogen-bond donors (Lipinski definition) is 1. The highest BCUT2D eigenvalue weighted by Gasteiger charge is 2.16. The lowest BCUT2D eigenvalue weighted by Crippen LogP contribution is -1.82. The zero-order valence-electron chi connectivity index (χ0n) is 19.6. The Morgan fingerprint density at radius 1 is 0.459 bits per heavy atom. The number of oxazole rings is 2. The summed E-state index contributed by atoms with van der Waals surface area (Å²) >= 11 is 0. The van der Waals surface area contributed by atoms with Crippen LogP contribution in [0.5, 0.6) is 5.75 Å². The normalized spacial score (nSPS) is 11.4. The molecule has 2 aromatic heterocycles. The standard InChI is InChI=1S/C32H20N2O3/c35-28-19-24(31-33-26-17-22(12-15-29(26)36-31)20-7-3-1-4-8-20)11-14-25(28)32-34-27-18-23(13-16-30(27)37-32)21-9-5-2-6-10-21/h1-19,35H. The van der Waals surface area contributed by atoms with Crippen molar-refractivity contribution in [2.75, 3.05) is 0 Å². The first-order chi connectivity index (χ1) is 18.2. The van der Waals surface area contributed by atoms with Crippen molar-refractivity contribution < 1.29 is 13.9 Å². The second-order valence-electron chi connectivity index (χ2n) is 8.87. The second kappa shape index (κ2) is 8.50. The molecule has 0 bridgehead atoms. The molecule has 0 radical (unpaired) electrons. The van der Waals surface area contributed by atoms with E-state index in [1.807, 2.05) is 78.9 Å². The predicted octanol–water partition coefficient (Wildman–Crippen LogP) is 8.34. The number of phenolic OH excluding ortho intramolecular Hbond substituents is 1. The van der Waals surface area contributed by atoms with Crippen LogP contribution in [-0.4, -0.2) is 15.1 Å². The Morgan fingerprint density at radius 2 is 0.973 bits per heavy atom. The molecule has 0 saturated heterocycles.